The molecule has 0 unspecified atom stereocenters. The summed E-state index contributed by atoms with van der Waals surface area (Å²) in [5.74, 6) is 1.92. The van der Waals surface area contributed by atoms with Crippen LogP contribution >= 0.6 is 35.3 Å². The maximum Gasteiger partial charge on any atom is 0.191 e. The number of ether oxygens (including phenoxy) is 1. The molecule has 2 aromatic rings. The number of hydrogen-bond acceptors (Lipinski definition) is 4. The summed E-state index contributed by atoms with van der Waals surface area (Å²) in [6.45, 7) is 7.45. The van der Waals surface area contributed by atoms with Crippen molar-refractivity contribution in [1.29, 1.82) is 0 Å². The monoisotopic (exact) mass is 486 g/mol. The van der Waals surface area contributed by atoms with E-state index in [1.165, 1.54) is 16.0 Å². The average molecular weight is 486 g/mol. The van der Waals surface area contributed by atoms with Gasteiger partial charge in [-0.05, 0) is 37.5 Å². The molecule has 2 heterocycles. The molecule has 1 aliphatic heterocycles. The molecule has 1 aliphatic rings. The first-order valence-electron chi connectivity index (χ1n) is 8.92. The summed E-state index contributed by atoms with van der Waals surface area (Å²) in [7, 11) is 0. The van der Waals surface area contributed by atoms with Crippen LogP contribution in [0.2, 0.25) is 0 Å². The number of aryl methyl sites for hydroxylation is 1. The lowest BCUT2D eigenvalue weighted by Gasteiger charge is -2.11. The summed E-state index contributed by atoms with van der Waals surface area (Å²) in [5, 5.41) is 7.87. The van der Waals surface area contributed by atoms with Gasteiger partial charge in [-0.3, -0.25) is 4.99 Å². The van der Waals surface area contributed by atoms with E-state index in [1.54, 1.807) is 11.3 Å². The topological polar surface area (TPSA) is 58.5 Å². The van der Waals surface area contributed by atoms with Crippen molar-refractivity contribution in [2.75, 3.05) is 26.2 Å². The van der Waals surface area contributed by atoms with Crippen LogP contribution in [0.3, 0.4) is 0 Å². The van der Waals surface area contributed by atoms with Crippen LogP contribution < -0.4 is 15.4 Å². The first-order chi connectivity index (χ1) is 12.2. The molecule has 0 amide bonds. The number of aromatic nitrogens is 1. The van der Waals surface area contributed by atoms with Gasteiger partial charge in [-0.15, -0.1) is 35.3 Å². The molecule has 5 nitrogen and oxygen atoms in total. The lowest BCUT2D eigenvalue weighted by molar-refractivity contribution is 0.357. The fourth-order valence-corrected chi connectivity index (χ4v) is 3.62. The molecule has 0 saturated carbocycles. The molecule has 0 atom stereocenters. The molecule has 26 heavy (non-hydrogen) atoms. The lowest BCUT2D eigenvalue weighted by Crippen LogP contribution is -2.38. The van der Waals surface area contributed by atoms with Gasteiger partial charge in [-0.2, -0.15) is 0 Å². The van der Waals surface area contributed by atoms with Crippen molar-refractivity contribution < 1.29 is 4.74 Å². The van der Waals surface area contributed by atoms with Crippen molar-refractivity contribution >= 4 is 41.3 Å². The summed E-state index contributed by atoms with van der Waals surface area (Å²) in [6.07, 6.45) is 4.81. The van der Waals surface area contributed by atoms with Gasteiger partial charge in [0.15, 0.2) is 5.96 Å². The third-order valence-electron chi connectivity index (χ3n) is 4.07. The molecular weight excluding hydrogens is 459 g/mol. The van der Waals surface area contributed by atoms with E-state index >= 15 is 0 Å². The zero-order chi connectivity index (χ0) is 17.5. The van der Waals surface area contributed by atoms with E-state index < -0.39 is 0 Å². The van der Waals surface area contributed by atoms with Gasteiger partial charge in [0.05, 0.1) is 11.6 Å². The molecule has 7 heteroatoms. The molecule has 142 valence electrons. The van der Waals surface area contributed by atoms with Gasteiger partial charge >= 0.3 is 0 Å². The van der Waals surface area contributed by atoms with Crippen molar-refractivity contribution in [3.05, 3.63) is 45.4 Å². The Hall–Kier alpha value is -1.35. The van der Waals surface area contributed by atoms with Gasteiger partial charge in [0.25, 0.3) is 0 Å². The molecule has 0 radical (unpaired) electrons. The minimum Gasteiger partial charge on any atom is -0.493 e. The van der Waals surface area contributed by atoms with Crippen LogP contribution in [0.25, 0.3) is 0 Å². The molecule has 0 aliphatic carbocycles. The van der Waals surface area contributed by atoms with Crippen LogP contribution in [0.15, 0.2) is 29.4 Å². The smallest absolute Gasteiger partial charge is 0.191 e. The summed E-state index contributed by atoms with van der Waals surface area (Å²) < 4.78 is 5.56. The van der Waals surface area contributed by atoms with Crippen molar-refractivity contribution in [1.82, 2.24) is 15.6 Å². The predicted molar refractivity (Wildman–Crippen MR) is 119 cm³/mol. The molecule has 3 rings (SSSR count). The molecule has 1 aromatic heterocycles. The molecule has 0 bridgehead atoms. The second-order valence-corrected chi connectivity index (χ2v) is 7.41. The highest BCUT2D eigenvalue weighted by Crippen LogP contribution is 2.25. The Bertz CT molecular complexity index is 732. The van der Waals surface area contributed by atoms with Crippen LogP contribution in [0.5, 0.6) is 5.75 Å². The maximum absolute atomic E-state index is 5.56. The van der Waals surface area contributed by atoms with Crippen molar-refractivity contribution in [2.24, 2.45) is 4.99 Å². The third kappa shape index (κ3) is 6.12. The third-order valence-corrected chi connectivity index (χ3v) is 5.04. The van der Waals surface area contributed by atoms with E-state index in [4.69, 9.17) is 4.74 Å². The standard InChI is InChI=1S/C19H26N4OS.HI/c1-3-20-19(22-10-7-18-23-13-14(2)25-18)21-9-6-15-4-5-17-16(12-15)8-11-24-17;/h4-5,12-13H,3,6-11H2,1-2H3,(H2,20,21,22);1H. The van der Waals surface area contributed by atoms with Gasteiger partial charge < -0.3 is 15.4 Å². The first-order valence-corrected chi connectivity index (χ1v) is 9.74. The summed E-state index contributed by atoms with van der Waals surface area (Å²) in [5.41, 5.74) is 2.67. The highest BCUT2D eigenvalue weighted by atomic mass is 127. The van der Waals surface area contributed by atoms with Gasteiger partial charge in [0, 0.05) is 43.5 Å². The van der Waals surface area contributed by atoms with E-state index in [1.807, 2.05) is 6.20 Å². The number of hydrogen-bond donors (Lipinski definition) is 2. The Balaban J connectivity index is 0.00000243. The maximum atomic E-state index is 5.56. The quantitative estimate of drug-likeness (QED) is 0.358. The summed E-state index contributed by atoms with van der Waals surface area (Å²) >= 11 is 1.75. The van der Waals surface area contributed by atoms with E-state index in [0.717, 1.165) is 62.2 Å². The summed E-state index contributed by atoms with van der Waals surface area (Å²) in [6, 6.07) is 6.51. The molecular formula is C19H27IN4OS. The highest BCUT2D eigenvalue weighted by Gasteiger charge is 2.11. The molecule has 0 saturated heterocycles. The fraction of sp³-hybridized carbons (Fsp3) is 0.474. The molecule has 0 fully saturated rings. The number of benzene rings is 1. The van der Waals surface area contributed by atoms with E-state index in [0.29, 0.717) is 0 Å². The van der Waals surface area contributed by atoms with E-state index in [-0.39, 0.29) is 24.0 Å². The average Bonchev–Trinajstić information content (AvgIpc) is 3.23. The van der Waals surface area contributed by atoms with E-state index in [9.17, 15) is 0 Å². The first kappa shape index (κ1) is 21.0. The Morgan fingerprint density at radius 2 is 2.19 bits per heavy atom. The Morgan fingerprint density at radius 1 is 1.31 bits per heavy atom. The Labute approximate surface area is 176 Å². The second kappa shape index (κ2) is 10.7. The fourth-order valence-electron chi connectivity index (χ4n) is 2.84. The van der Waals surface area contributed by atoms with Crippen LogP contribution in [-0.2, 0) is 19.3 Å². The van der Waals surface area contributed by atoms with Gasteiger partial charge in [0.2, 0.25) is 0 Å². The summed E-state index contributed by atoms with van der Waals surface area (Å²) in [4.78, 5) is 10.3. The van der Waals surface area contributed by atoms with Gasteiger partial charge in [-0.25, -0.2) is 4.98 Å². The molecule has 2 N–H and O–H groups in total. The number of halogens is 1. The zero-order valence-electron chi connectivity index (χ0n) is 15.4. The van der Waals surface area contributed by atoms with Crippen molar-refractivity contribution in [3.63, 3.8) is 0 Å². The SMILES string of the molecule is CCNC(=NCCc1ncc(C)s1)NCCc1ccc2c(c1)CCO2.I. The van der Waals surface area contributed by atoms with Crippen molar-refractivity contribution in [3.8, 4) is 5.75 Å². The van der Waals surface area contributed by atoms with E-state index in [2.05, 4.69) is 52.7 Å². The number of nitrogens with one attached hydrogen (secondary N) is 2. The number of rotatable bonds is 7. The lowest BCUT2D eigenvalue weighted by atomic mass is 10.1. The Kier molecular flexibility index (Phi) is 8.64. The van der Waals surface area contributed by atoms with Crippen molar-refractivity contribution in [2.45, 2.75) is 33.1 Å². The largest absolute Gasteiger partial charge is 0.493 e. The number of fused-ring (bicyclic) bond motifs is 1. The Morgan fingerprint density at radius 3 is 2.96 bits per heavy atom. The van der Waals surface area contributed by atoms with Crippen LogP contribution in [0.4, 0.5) is 0 Å². The van der Waals surface area contributed by atoms with Crippen LogP contribution in [-0.4, -0.2) is 37.2 Å². The van der Waals surface area contributed by atoms with Gasteiger partial charge in [-0.1, -0.05) is 12.1 Å². The number of guanidine groups is 1. The highest BCUT2D eigenvalue weighted by molar-refractivity contribution is 14.0. The molecule has 0 spiro atoms. The minimum absolute atomic E-state index is 0. The molecule has 1 aromatic carbocycles. The predicted octanol–water partition coefficient (Wildman–Crippen LogP) is 3.34. The zero-order valence-corrected chi connectivity index (χ0v) is 18.5. The second-order valence-electron chi connectivity index (χ2n) is 6.09. The van der Waals surface area contributed by atoms with Crippen LogP contribution in [0.1, 0.15) is 27.9 Å². The normalized spacial score (nSPS) is 12.9. The van der Waals surface area contributed by atoms with Gasteiger partial charge in [0.1, 0.15) is 5.75 Å². The van der Waals surface area contributed by atoms with Crippen LogP contribution in [0, 0.1) is 6.92 Å². The number of nitrogens with zero attached hydrogens (tertiary/aromatic N) is 2. The number of aliphatic imine (C=N–C) groups is 1. The number of thiazole rings is 1. The minimum atomic E-state index is 0.